The summed E-state index contributed by atoms with van der Waals surface area (Å²) in [5.74, 6) is 0.338. The van der Waals surface area contributed by atoms with Crippen molar-refractivity contribution >= 4 is 12.0 Å². The second-order valence-electron chi connectivity index (χ2n) is 8.34. The lowest BCUT2D eigenvalue weighted by Crippen LogP contribution is -1.98. The van der Waals surface area contributed by atoms with E-state index in [1.54, 1.807) is 0 Å². The first-order valence-electron chi connectivity index (χ1n) is 12.3. The summed E-state index contributed by atoms with van der Waals surface area (Å²) in [5, 5.41) is 8.52. The molecule has 0 bridgehead atoms. The van der Waals surface area contributed by atoms with Crippen LogP contribution in [-0.4, -0.2) is 17.7 Å². The first-order chi connectivity index (χ1) is 14.7. The van der Waals surface area contributed by atoms with Gasteiger partial charge in [-0.05, 0) is 18.6 Å². The molecule has 170 valence electrons. The predicted molar refractivity (Wildman–Crippen MR) is 128 cm³/mol. The van der Waals surface area contributed by atoms with Crippen LogP contribution in [0.2, 0.25) is 0 Å². The average Bonchev–Trinajstić information content (AvgIpc) is 2.77. The van der Waals surface area contributed by atoms with E-state index in [-0.39, 0.29) is 0 Å². The minimum absolute atomic E-state index is 0.345. The predicted octanol–water partition coefficient (Wildman–Crippen LogP) is 8.42. The highest BCUT2D eigenvalue weighted by Crippen LogP contribution is 2.21. The van der Waals surface area contributed by atoms with Crippen LogP contribution in [0.4, 0.5) is 0 Å². The fourth-order valence-corrected chi connectivity index (χ4v) is 3.71. The van der Waals surface area contributed by atoms with Crippen LogP contribution < -0.4 is 4.74 Å². The van der Waals surface area contributed by atoms with Crippen LogP contribution >= 0.6 is 0 Å². The molecule has 0 aromatic heterocycles. The van der Waals surface area contributed by atoms with Gasteiger partial charge in [-0.15, -0.1) is 0 Å². The van der Waals surface area contributed by atoms with Gasteiger partial charge in [0.05, 0.1) is 0 Å². The number of benzene rings is 1. The van der Waals surface area contributed by atoms with Crippen LogP contribution in [0.25, 0.3) is 6.08 Å². The molecule has 1 heterocycles. The molecule has 0 aliphatic carbocycles. The SMILES string of the molecule is C1=Cc2ccccc2OC1.CCCCCCCCCCCCCCCCCC(=O)O. The van der Waals surface area contributed by atoms with Gasteiger partial charge in [0.1, 0.15) is 12.4 Å². The fraction of sp³-hybridized carbons (Fsp3) is 0.667. The molecule has 1 aliphatic rings. The summed E-state index contributed by atoms with van der Waals surface area (Å²) >= 11 is 0. The van der Waals surface area contributed by atoms with Crippen molar-refractivity contribution in [1.29, 1.82) is 0 Å². The molecule has 2 rings (SSSR count). The van der Waals surface area contributed by atoms with E-state index < -0.39 is 5.97 Å². The summed E-state index contributed by atoms with van der Waals surface area (Å²) in [5.41, 5.74) is 1.17. The molecule has 1 aliphatic heterocycles. The average molecular weight is 417 g/mol. The van der Waals surface area contributed by atoms with E-state index in [4.69, 9.17) is 9.84 Å². The summed E-state index contributed by atoms with van der Waals surface area (Å²) in [6.45, 7) is 2.98. The zero-order chi connectivity index (χ0) is 21.7. The maximum Gasteiger partial charge on any atom is 0.303 e. The zero-order valence-electron chi connectivity index (χ0n) is 19.2. The Bertz CT molecular complexity index is 565. The summed E-state index contributed by atoms with van der Waals surface area (Å²) in [4.78, 5) is 10.3. The van der Waals surface area contributed by atoms with Crippen molar-refractivity contribution in [2.45, 2.75) is 110 Å². The van der Waals surface area contributed by atoms with Gasteiger partial charge in [0.25, 0.3) is 0 Å². The molecule has 1 aromatic rings. The Balaban J connectivity index is 0.000000367. The van der Waals surface area contributed by atoms with Gasteiger partial charge >= 0.3 is 5.97 Å². The Labute approximate surface area is 184 Å². The molecular formula is C27H44O3. The highest BCUT2D eigenvalue weighted by atomic mass is 16.5. The molecule has 30 heavy (non-hydrogen) atoms. The van der Waals surface area contributed by atoms with Gasteiger partial charge < -0.3 is 9.84 Å². The molecule has 0 saturated heterocycles. The number of carboxylic acids is 1. The van der Waals surface area contributed by atoms with Crippen molar-refractivity contribution < 1.29 is 14.6 Å². The van der Waals surface area contributed by atoms with Crippen molar-refractivity contribution in [2.75, 3.05) is 6.61 Å². The molecular weight excluding hydrogens is 372 g/mol. The molecule has 0 atom stereocenters. The maximum absolute atomic E-state index is 10.3. The molecule has 0 spiro atoms. The Hall–Kier alpha value is -1.77. The lowest BCUT2D eigenvalue weighted by Gasteiger charge is -2.10. The number of fused-ring (bicyclic) bond motifs is 1. The monoisotopic (exact) mass is 416 g/mol. The normalized spacial score (nSPS) is 11.9. The molecule has 1 N–H and O–H groups in total. The minimum atomic E-state index is -0.653. The number of para-hydroxylation sites is 1. The van der Waals surface area contributed by atoms with Gasteiger partial charge in [-0.1, -0.05) is 121 Å². The second kappa shape index (κ2) is 19.2. The van der Waals surface area contributed by atoms with E-state index >= 15 is 0 Å². The Morgan fingerprint density at radius 1 is 0.800 bits per heavy atom. The Kier molecular flexibility index (Phi) is 16.8. The van der Waals surface area contributed by atoms with Crippen molar-refractivity contribution in [1.82, 2.24) is 0 Å². The van der Waals surface area contributed by atoms with Crippen LogP contribution in [0.15, 0.2) is 30.3 Å². The van der Waals surface area contributed by atoms with Crippen LogP contribution in [0.5, 0.6) is 5.75 Å². The van der Waals surface area contributed by atoms with Gasteiger partial charge in [-0.25, -0.2) is 0 Å². The van der Waals surface area contributed by atoms with E-state index in [1.807, 2.05) is 30.3 Å². The Morgan fingerprint density at radius 3 is 1.80 bits per heavy atom. The van der Waals surface area contributed by atoms with E-state index in [1.165, 1.54) is 89.0 Å². The highest BCUT2D eigenvalue weighted by Gasteiger charge is 2.01. The molecule has 0 amide bonds. The highest BCUT2D eigenvalue weighted by molar-refractivity contribution is 5.66. The zero-order valence-corrected chi connectivity index (χ0v) is 19.2. The number of carboxylic acid groups (broad SMARTS) is 1. The van der Waals surface area contributed by atoms with Crippen molar-refractivity contribution in [2.24, 2.45) is 0 Å². The number of rotatable bonds is 16. The number of aliphatic carboxylic acids is 1. The molecule has 1 aromatic carbocycles. The smallest absolute Gasteiger partial charge is 0.303 e. The lowest BCUT2D eigenvalue weighted by atomic mass is 10.0. The molecule has 3 nitrogen and oxygen atoms in total. The first kappa shape index (κ1) is 26.3. The number of ether oxygens (including phenoxy) is 1. The van der Waals surface area contributed by atoms with E-state index in [2.05, 4.69) is 13.0 Å². The maximum atomic E-state index is 10.3. The van der Waals surface area contributed by atoms with Crippen LogP contribution in [-0.2, 0) is 4.79 Å². The molecule has 3 heteroatoms. The topological polar surface area (TPSA) is 46.5 Å². The van der Waals surface area contributed by atoms with Crippen molar-refractivity contribution in [3.8, 4) is 5.75 Å². The molecule has 0 unspecified atom stereocenters. The van der Waals surface area contributed by atoms with Gasteiger partial charge in [0.2, 0.25) is 0 Å². The van der Waals surface area contributed by atoms with Crippen molar-refractivity contribution in [3.63, 3.8) is 0 Å². The summed E-state index contributed by atoms with van der Waals surface area (Å²) < 4.78 is 5.34. The standard InChI is InChI=1S/C18H36O2.C9H8O/c1-2-3-4-5-6-7-8-9-10-11-12-13-14-15-16-17-18(19)20;1-2-6-9-8(4-1)5-3-7-10-9/h2-17H2,1H3,(H,19,20);1-6H,7H2. The van der Waals surface area contributed by atoms with Crippen LogP contribution in [0, 0.1) is 0 Å². The lowest BCUT2D eigenvalue weighted by molar-refractivity contribution is -0.137. The first-order valence-corrected chi connectivity index (χ1v) is 12.3. The third-order valence-corrected chi connectivity index (χ3v) is 5.55. The number of carbonyl (C=O) groups is 1. The molecule has 0 radical (unpaired) electrons. The van der Waals surface area contributed by atoms with E-state index in [0.717, 1.165) is 18.6 Å². The largest absolute Gasteiger partial charge is 0.489 e. The third kappa shape index (κ3) is 15.1. The molecule has 0 saturated carbocycles. The second-order valence-corrected chi connectivity index (χ2v) is 8.34. The van der Waals surface area contributed by atoms with Gasteiger partial charge in [-0.2, -0.15) is 0 Å². The minimum Gasteiger partial charge on any atom is -0.489 e. The van der Waals surface area contributed by atoms with Crippen LogP contribution in [0.3, 0.4) is 0 Å². The van der Waals surface area contributed by atoms with Gasteiger partial charge in [0, 0.05) is 12.0 Å². The summed E-state index contributed by atoms with van der Waals surface area (Å²) in [6, 6.07) is 8.03. The summed E-state index contributed by atoms with van der Waals surface area (Å²) in [7, 11) is 0. The number of hydrogen-bond acceptors (Lipinski definition) is 2. The Morgan fingerprint density at radius 2 is 1.30 bits per heavy atom. The molecule has 0 fully saturated rings. The third-order valence-electron chi connectivity index (χ3n) is 5.55. The van der Waals surface area contributed by atoms with E-state index in [0.29, 0.717) is 13.0 Å². The summed E-state index contributed by atoms with van der Waals surface area (Å²) in [6.07, 6.45) is 24.3. The number of unbranched alkanes of at least 4 members (excludes halogenated alkanes) is 14. The number of hydrogen-bond donors (Lipinski definition) is 1. The van der Waals surface area contributed by atoms with Crippen LogP contribution in [0.1, 0.15) is 115 Å². The van der Waals surface area contributed by atoms with Gasteiger partial charge in [0.15, 0.2) is 0 Å². The van der Waals surface area contributed by atoms with Gasteiger partial charge in [-0.3, -0.25) is 4.79 Å². The quantitative estimate of drug-likeness (QED) is 0.275. The fourth-order valence-electron chi connectivity index (χ4n) is 3.71. The van der Waals surface area contributed by atoms with Crippen molar-refractivity contribution in [3.05, 3.63) is 35.9 Å². The van der Waals surface area contributed by atoms with E-state index in [9.17, 15) is 4.79 Å².